The molecule has 142 valence electrons. The Morgan fingerprint density at radius 3 is 2.81 bits per heavy atom. The van der Waals surface area contributed by atoms with Gasteiger partial charge in [0.25, 0.3) is 0 Å². The van der Waals surface area contributed by atoms with E-state index < -0.39 is 0 Å². The van der Waals surface area contributed by atoms with Crippen LogP contribution in [0.1, 0.15) is 42.1 Å². The molecule has 0 unspecified atom stereocenters. The number of benzene rings is 1. The molecule has 3 heterocycles. The molecular weight excluding hydrogens is 360 g/mol. The molecule has 1 aromatic carbocycles. The van der Waals surface area contributed by atoms with Crippen molar-refractivity contribution in [3.63, 3.8) is 0 Å². The van der Waals surface area contributed by atoms with Crippen molar-refractivity contribution in [2.45, 2.75) is 39.2 Å². The number of rotatable bonds is 3. The highest BCUT2D eigenvalue weighted by atomic mass is 32.1. The van der Waals surface area contributed by atoms with Crippen LogP contribution in [0.25, 0.3) is 11.3 Å². The lowest BCUT2D eigenvalue weighted by Crippen LogP contribution is -2.25. The molecule has 2 N–H and O–H groups in total. The van der Waals surface area contributed by atoms with E-state index in [1.807, 2.05) is 13.8 Å². The average molecular weight is 385 g/mol. The van der Waals surface area contributed by atoms with E-state index in [4.69, 9.17) is 20.2 Å². The minimum atomic E-state index is 0.120. The van der Waals surface area contributed by atoms with Crippen molar-refractivity contribution in [2.24, 2.45) is 15.7 Å². The fourth-order valence-electron chi connectivity index (χ4n) is 3.16. The van der Waals surface area contributed by atoms with Gasteiger partial charge in [0.15, 0.2) is 10.8 Å². The van der Waals surface area contributed by atoms with Gasteiger partial charge in [-0.2, -0.15) is 0 Å². The molecule has 4 rings (SSSR count). The molecule has 6 nitrogen and oxygen atoms in total. The molecule has 27 heavy (non-hydrogen) atoms. The summed E-state index contributed by atoms with van der Waals surface area (Å²) < 4.78 is 11.3. The van der Waals surface area contributed by atoms with Gasteiger partial charge in [-0.1, -0.05) is 6.07 Å². The first-order valence-electron chi connectivity index (χ1n) is 9.24. The van der Waals surface area contributed by atoms with Crippen LogP contribution < -0.4 is 10.5 Å². The number of thiazole rings is 1. The highest BCUT2D eigenvalue weighted by molar-refractivity contribution is 7.14. The molecule has 1 fully saturated rings. The lowest BCUT2D eigenvalue weighted by atomic mass is 9.95. The summed E-state index contributed by atoms with van der Waals surface area (Å²) in [7, 11) is 0. The van der Waals surface area contributed by atoms with E-state index in [1.54, 1.807) is 18.3 Å². The van der Waals surface area contributed by atoms with Gasteiger partial charge in [-0.15, -0.1) is 11.3 Å². The van der Waals surface area contributed by atoms with Crippen molar-refractivity contribution < 1.29 is 9.47 Å². The summed E-state index contributed by atoms with van der Waals surface area (Å²) in [6, 6.07) is 6.54. The van der Waals surface area contributed by atoms with Gasteiger partial charge in [0.1, 0.15) is 5.75 Å². The van der Waals surface area contributed by atoms with Crippen LogP contribution in [0.5, 0.6) is 5.75 Å². The fraction of sp³-hybridized carbons (Fsp3) is 0.450. The molecule has 2 aliphatic rings. The fourth-order valence-corrected chi connectivity index (χ4v) is 4.16. The maximum atomic E-state index is 6.03. The van der Waals surface area contributed by atoms with Crippen molar-refractivity contribution in [2.75, 3.05) is 19.8 Å². The topological polar surface area (TPSA) is 82.1 Å². The Kier molecular flexibility index (Phi) is 4.97. The number of ether oxygens (including phenoxy) is 2. The first-order chi connectivity index (χ1) is 13.0. The summed E-state index contributed by atoms with van der Waals surface area (Å²) in [6.45, 7) is 8.03. The number of hydrogen-bond acceptors (Lipinski definition) is 5. The summed E-state index contributed by atoms with van der Waals surface area (Å²) >= 11 is 1.63. The third-order valence-electron chi connectivity index (χ3n) is 4.51. The Morgan fingerprint density at radius 2 is 2.15 bits per heavy atom. The van der Waals surface area contributed by atoms with Crippen molar-refractivity contribution in [3.8, 4) is 17.0 Å². The molecule has 0 spiro atoms. The monoisotopic (exact) mass is 384 g/mol. The second-order valence-corrected chi connectivity index (χ2v) is 8.26. The van der Waals surface area contributed by atoms with Crippen LogP contribution in [0.4, 0.5) is 0 Å². The maximum Gasteiger partial charge on any atom is 0.186 e. The van der Waals surface area contributed by atoms with Crippen molar-refractivity contribution in [1.82, 2.24) is 4.98 Å². The summed E-state index contributed by atoms with van der Waals surface area (Å²) in [5, 5.41) is 0.808. The van der Waals surface area contributed by atoms with Gasteiger partial charge in [0.2, 0.25) is 0 Å². The highest BCUT2D eigenvalue weighted by Crippen LogP contribution is 2.40. The van der Waals surface area contributed by atoms with Crippen LogP contribution in [-0.4, -0.2) is 42.5 Å². The molecule has 0 amide bonds. The molecule has 1 saturated heterocycles. The van der Waals surface area contributed by atoms with Gasteiger partial charge in [-0.25, -0.2) is 9.98 Å². The van der Waals surface area contributed by atoms with Crippen LogP contribution in [0.3, 0.4) is 0 Å². The zero-order valence-electron chi connectivity index (χ0n) is 15.9. The van der Waals surface area contributed by atoms with Crippen molar-refractivity contribution >= 4 is 23.0 Å². The summed E-state index contributed by atoms with van der Waals surface area (Å²) in [6.07, 6.45) is 0.823. The Bertz CT molecular complexity index is 909. The zero-order valence-corrected chi connectivity index (χ0v) is 16.7. The minimum absolute atomic E-state index is 0.120. The quantitative estimate of drug-likeness (QED) is 0.650. The van der Waals surface area contributed by atoms with Gasteiger partial charge < -0.3 is 15.2 Å². The predicted molar refractivity (Wildman–Crippen MR) is 109 cm³/mol. The van der Waals surface area contributed by atoms with Gasteiger partial charge in [0.05, 0.1) is 31.4 Å². The Balaban J connectivity index is 1.75. The smallest absolute Gasteiger partial charge is 0.186 e. The van der Waals surface area contributed by atoms with Crippen LogP contribution >= 0.6 is 11.3 Å². The number of hydrogen-bond donors (Lipinski definition) is 1. The number of fused-ring (bicyclic) bond motifs is 3. The second-order valence-electron chi connectivity index (χ2n) is 7.18. The Morgan fingerprint density at radius 1 is 1.33 bits per heavy atom. The van der Waals surface area contributed by atoms with Crippen molar-refractivity contribution in [1.29, 1.82) is 0 Å². The van der Waals surface area contributed by atoms with E-state index in [0.717, 1.165) is 41.6 Å². The largest absolute Gasteiger partial charge is 0.492 e. The molecule has 1 aromatic heterocycles. The van der Waals surface area contributed by atoms with Gasteiger partial charge in [0, 0.05) is 28.8 Å². The number of nitrogens with zero attached hydrogens (tertiary/aromatic N) is 3. The number of aliphatic imine (C=N–C) groups is 2. The van der Waals surface area contributed by atoms with Gasteiger partial charge in [-0.3, -0.25) is 4.99 Å². The van der Waals surface area contributed by atoms with E-state index in [0.29, 0.717) is 24.2 Å². The molecule has 2 aliphatic heterocycles. The Labute approximate surface area is 163 Å². The molecule has 7 heteroatoms. The molecule has 0 bridgehead atoms. The summed E-state index contributed by atoms with van der Waals surface area (Å²) in [5.74, 6) is 2.46. The van der Waals surface area contributed by atoms with E-state index in [1.165, 1.54) is 10.4 Å². The number of amidine groups is 2. The molecule has 2 aromatic rings. The van der Waals surface area contributed by atoms with Crippen LogP contribution in [-0.2, 0) is 11.2 Å². The standard InChI is InChI=1S/C20H24N4O2S/c1-11(2)22-19(23-12(3)21)20-24-18-15-5-4-13(14-9-25-10-14)8-16(15)26-7-6-17(18)27-20/h4-5,8,11,14H,6-7,9-10H2,1-3H3,(H2,21,22,23). The Hall–Kier alpha value is -2.25. The van der Waals surface area contributed by atoms with Gasteiger partial charge >= 0.3 is 0 Å². The van der Waals surface area contributed by atoms with E-state index in [2.05, 4.69) is 28.2 Å². The summed E-state index contributed by atoms with van der Waals surface area (Å²) in [5.41, 5.74) is 9.08. The van der Waals surface area contributed by atoms with E-state index in [-0.39, 0.29) is 6.04 Å². The normalized spacial score (nSPS) is 17.8. The first kappa shape index (κ1) is 18.1. The number of aromatic nitrogens is 1. The molecule has 0 radical (unpaired) electrons. The molecule has 0 atom stereocenters. The molecule has 0 saturated carbocycles. The van der Waals surface area contributed by atoms with E-state index in [9.17, 15) is 0 Å². The summed E-state index contributed by atoms with van der Waals surface area (Å²) in [4.78, 5) is 15.1. The lowest BCUT2D eigenvalue weighted by Gasteiger charge is -2.26. The van der Waals surface area contributed by atoms with Crippen LogP contribution in [0, 0.1) is 0 Å². The molecular formula is C20H24N4O2S. The van der Waals surface area contributed by atoms with Crippen LogP contribution in [0.2, 0.25) is 0 Å². The third kappa shape index (κ3) is 3.75. The van der Waals surface area contributed by atoms with Crippen molar-refractivity contribution in [3.05, 3.63) is 33.6 Å². The molecule has 0 aliphatic carbocycles. The third-order valence-corrected chi connectivity index (χ3v) is 5.62. The average Bonchev–Trinajstić information content (AvgIpc) is 2.89. The maximum absolute atomic E-state index is 6.03. The van der Waals surface area contributed by atoms with Crippen LogP contribution in [0.15, 0.2) is 28.2 Å². The zero-order chi connectivity index (χ0) is 19.0. The van der Waals surface area contributed by atoms with E-state index >= 15 is 0 Å². The second kappa shape index (κ2) is 7.40. The lowest BCUT2D eigenvalue weighted by molar-refractivity contribution is 0.00835. The number of nitrogens with two attached hydrogens (primary N) is 1. The predicted octanol–water partition coefficient (Wildman–Crippen LogP) is 3.39. The highest BCUT2D eigenvalue weighted by Gasteiger charge is 2.25. The van der Waals surface area contributed by atoms with Gasteiger partial charge in [-0.05, 0) is 38.5 Å². The SMILES string of the molecule is CC(N)=NC(=NC(C)C)c1nc2c(s1)CCOc1cc(C3COC3)ccc1-2. The first-order valence-corrected chi connectivity index (χ1v) is 10.1. The minimum Gasteiger partial charge on any atom is -0.492 e.